The second-order valence-corrected chi connectivity index (χ2v) is 6.25. The highest BCUT2D eigenvalue weighted by Crippen LogP contribution is 2.37. The van der Waals surface area contributed by atoms with Gasteiger partial charge >= 0.3 is 0 Å². The van der Waals surface area contributed by atoms with Crippen LogP contribution in [0.25, 0.3) is 27.7 Å². The number of aromatic nitrogens is 3. The van der Waals surface area contributed by atoms with Gasteiger partial charge in [-0.05, 0) is 29.3 Å². The highest BCUT2D eigenvalue weighted by Gasteiger charge is 2.20. The van der Waals surface area contributed by atoms with E-state index >= 15 is 0 Å². The molecule has 4 rings (SSSR count). The molecule has 0 atom stereocenters. The van der Waals surface area contributed by atoms with Gasteiger partial charge < -0.3 is 10.2 Å². The van der Waals surface area contributed by atoms with E-state index in [1.54, 1.807) is 17.7 Å². The molecular formula is C19H15N3O2S. The number of fused-ring (bicyclic) bond motifs is 1. The molecule has 0 bridgehead atoms. The van der Waals surface area contributed by atoms with Gasteiger partial charge in [-0.15, -0.1) is 17.7 Å². The van der Waals surface area contributed by atoms with Gasteiger partial charge in [0.15, 0.2) is 0 Å². The van der Waals surface area contributed by atoms with E-state index in [1.807, 2.05) is 42.5 Å². The lowest BCUT2D eigenvalue weighted by Gasteiger charge is -2.13. The van der Waals surface area contributed by atoms with E-state index in [2.05, 4.69) is 22.9 Å². The third-order valence-corrected chi connectivity index (χ3v) is 4.48. The first-order valence-corrected chi connectivity index (χ1v) is 8.16. The lowest BCUT2D eigenvalue weighted by Crippen LogP contribution is -2.03. The number of phenolic OH excluding ortho intramolecular Hbond substituents is 2. The Balaban J connectivity index is 2.04. The minimum atomic E-state index is -0.0720. The summed E-state index contributed by atoms with van der Waals surface area (Å²) >= 11 is 4.47. The van der Waals surface area contributed by atoms with E-state index < -0.39 is 0 Å². The van der Waals surface area contributed by atoms with Crippen LogP contribution >= 0.6 is 12.6 Å². The molecule has 6 heteroatoms. The molecular weight excluding hydrogens is 334 g/mol. The Hall–Kier alpha value is -2.99. The minimum absolute atomic E-state index is 0.00308. The van der Waals surface area contributed by atoms with Crippen molar-refractivity contribution in [1.29, 1.82) is 0 Å². The van der Waals surface area contributed by atoms with Crippen molar-refractivity contribution in [2.75, 3.05) is 0 Å². The Morgan fingerprint density at radius 1 is 1.00 bits per heavy atom. The predicted molar refractivity (Wildman–Crippen MR) is 99.6 cm³/mol. The molecule has 1 heterocycles. The highest BCUT2D eigenvalue weighted by molar-refractivity contribution is 7.80. The van der Waals surface area contributed by atoms with Crippen molar-refractivity contribution in [2.45, 2.75) is 11.9 Å². The molecule has 1 aromatic heterocycles. The molecule has 0 spiro atoms. The summed E-state index contributed by atoms with van der Waals surface area (Å²) in [4.78, 5) is 0. The van der Waals surface area contributed by atoms with E-state index in [0.29, 0.717) is 22.0 Å². The standard InChI is InChI=1S/C19H15N3O2S/c1-11-9-13(23)10-16(24)17(11)22-18(19(25)20-21-22)15-8-4-6-12-5-2-3-7-14(12)15/h2-10,23-25H,1H3. The Morgan fingerprint density at radius 3 is 2.56 bits per heavy atom. The second-order valence-electron chi connectivity index (χ2n) is 5.83. The molecule has 4 aromatic rings. The number of thiol groups is 1. The van der Waals surface area contributed by atoms with E-state index in [4.69, 9.17) is 0 Å². The maximum atomic E-state index is 10.3. The SMILES string of the molecule is Cc1cc(O)cc(O)c1-n1nnc(S)c1-c1cccc2ccccc12. The topological polar surface area (TPSA) is 71.2 Å². The maximum absolute atomic E-state index is 10.3. The maximum Gasteiger partial charge on any atom is 0.145 e. The average molecular weight is 349 g/mol. The quantitative estimate of drug-likeness (QED) is 0.477. The predicted octanol–water partition coefficient (Wildman–Crippen LogP) is 4.10. The summed E-state index contributed by atoms with van der Waals surface area (Å²) in [7, 11) is 0. The van der Waals surface area contributed by atoms with Gasteiger partial charge in [-0.1, -0.05) is 47.7 Å². The summed E-state index contributed by atoms with van der Waals surface area (Å²) < 4.78 is 1.56. The van der Waals surface area contributed by atoms with Crippen LogP contribution in [-0.4, -0.2) is 25.2 Å². The third-order valence-electron chi connectivity index (χ3n) is 4.17. The Morgan fingerprint density at radius 2 is 1.76 bits per heavy atom. The molecule has 0 aliphatic rings. The lowest BCUT2D eigenvalue weighted by atomic mass is 10.0. The van der Waals surface area contributed by atoms with Gasteiger partial charge in [0.1, 0.15) is 27.9 Å². The van der Waals surface area contributed by atoms with Crippen LogP contribution in [0.5, 0.6) is 11.5 Å². The van der Waals surface area contributed by atoms with Crippen molar-refractivity contribution >= 4 is 23.4 Å². The zero-order chi connectivity index (χ0) is 17.6. The van der Waals surface area contributed by atoms with Gasteiger partial charge in [0.2, 0.25) is 0 Å². The molecule has 0 radical (unpaired) electrons. The van der Waals surface area contributed by atoms with E-state index in [9.17, 15) is 10.2 Å². The normalized spacial score (nSPS) is 11.1. The molecule has 0 aliphatic heterocycles. The second kappa shape index (κ2) is 5.82. The molecule has 0 aliphatic carbocycles. The van der Waals surface area contributed by atoms with Gasteiger partial charge in [0.25, 0.3) is 0 Å². The number of rotatable bonds is 2. The van der Waals surface area contributed by atoms with Gasteiger partial charge in [-0.25, -0.2) is 4.68 Å². The Kier molecular flexibility index (Phi) is 3.62. The minimum Gasteiger partial charge on any atom is -0.508 e. The zero-order valence-electron chi connectivity index (χ0n) is 13.4. The summed E-state index contributed by atoms with van der Waals surface area (Å²) in [6, 6.07) is 16.9. The number of phenols is 2. The summed E-state index contributed by atoms with van der Waals surface area (Å²) in [6.45, 7) is 1.79. The first-order valence-electron chi connectivity index (χ1n) is 7.72. The number of aromatic hydroxyl groups is 2. The van der Waals surface area contributed by atoms with Crippen LogP contribution in [0.3, 0.4) is 0 Å². The van der Waals surface area contributed by atoms with Gasteiger partial charge in [0, 0.05) is 11.6 Å². The van der Waals surface area contributed by atoms with Crippen molar-refractivity contribution in [3.63, 3.8) is 0 Å². The van der Waals surface area contributed by atoms with Gasteiger partial charge in [-0.3, -0.25) is 0 Å². The van der Waals surface area contributed by atoms with Crippen LogP contribution in [0.2, 0.25) is 0 Å². The highest BCUT2D eigenvalue weighted by atomic mass is 32.1. The van der Waals surface area contributed by atoms with E-state index in [1.165, 1.54) is 6.07 Å². The summed E-state index contributed by atoms with van der Waals surface area (Å²) in [5.74, 6) is -0.0751. The van der Waals surface area contributed by atoms with Crippen molar-refractivity contribution in [3.8, 4) is 28.4 Å². The van der Waals surface area contributed by atoms with E-state index in [0.717, 1.165) is 16.3 Å². The van der Waals surface area contributed by atoms with Crippen LogP contribution in [0, 0.1) is 6.92 Å². The van der Waals surface area contributed by atoms with Crippen molar-refractivity contribution < 1.29 is 10.2 Å². The van der Waals surface area contributed by atoms with Crippen molar-refractivity contribution in [2.24, 2.45) is 0 Å². The summed E-state index contributed by atoms with van der Waals surface area (Å²) in [5.41, 5.74) is 2.75. The first kappa shape index (κ1) is 15.5. The summed E-state index contributed by atoms with van der Waals surface area (Å²) in [5, 5.41) is 30.9. The molecule has 124 valence electrons. The zero-order valence-corrected chi connectivity index (χ0v) is 14.3. The molecule has 3 aromatic carbocycles. The number of nitrogens with zero attached hydrogens (tertiary/aromatic N) is 3. The molecule has 2 N–H and O–H groups in total. The van der Waals surface area contributed by atoms with Crippen LogP contribution in [0.4, 0.5) is 0 Å². The van der Waals surface area contributed by atoms with Gasteiger partial charge in [-0.2, -0.15) is 0 Å². The van der Waals surface area contributed by atoms with Crippen molar-refractivity contribution in [1.82, 2.24) is 15.0 Å². The van der Waals surface area contributed by atoms with Crippen molar-refractivity contribution in [3.05, 3.63) is 60.2 Å². The molecule has 25 heavy (non-hydrogen) atoms. The lowest BCUT2D eigenvalue weighted by molar-refractivity contribution is 0.446. The number of hydrogen-bond donors (Lipinski definition) is 3. The first-order chi connectivity index (χ1) is 12.1. The fraction of sp³-hybridized carbons (Fsp3) is 0.0526. The molecule has 0 unspecified atom stereocenters. The Labute approximate surface area is 149 Å². The van der Waals surface area contributed by atoms with E-state index in [-0.39, 0.29) is 11.5 Å². The molecule has 0 amide bonds. The third kappa shape index (κ3) is 2.51. The Bertz CT molecular complexity index is 1080. The van der Waals surface area contributed by atoms with Crippen LogP contribution in [-0.2, 0) is 0 Å². The molecule has 0 saturated carbocycles. The monoisotopic (exact) mass is 349 g/mol. The number of hydrogen-bond acceptors (Lipinski definition) is 5. The molecule has 5 nitrogen and oxygen atoms in total. The van der Waals surface area contributed by atoms with Gasteiger partial charge in [0.05, 0.1) is 0 Å². The smallest absolute Gasteiger partial charge is 0.145 e. The molecule has 0 fully saturated rings. The summed E-state index contributed by atoms with van der Waals surface area (Å²) in [6.07, 6.45) is 0. The fourth-order valence-electron chi connectivity index (χ4n) is 3.11. The average Bonchev–Trinajstić information content (AvgIpc) is 2.94. The molecule has 0 saturated heterocycles. The van der Waals surface area contributed by atoms with Crippen LogP contribution < -0.4 is 0 Å². The number of benzene rings is 3. The number of aryl methyl sites for hydroxylation is 1. The van der Waals surface area contributed by atoms with Crippen LogP contribution in [0.15, 0.2) is 59.6 Å². The van der Waals surface area contributed by atoms with Crippen LogP contribution in [0.1, 0.15) is 5.56 Å². The largest absolute Gasteiger partial charge is 0.508 e. The fourth-order valence-corrected chi connectivity index (χ4v) is 3.37.